The fraction of sp³-hybridized carbons (Fsp3) is 0.0714. The zero-order valence-electron chi connectivity index (χ0n) is 33.2. The third kappa shape index (κ3) is 5.65. The third-order valence-electron chi connectivity index (χ3n) is 12.4. The van der Waals surface area contributed by atoms with E-state index in [1.165, 1.54) is 38.8 Å². The van der Waals surface area contributed by atoms with E-state index < -0.39 is 0 Å². The van der Waals surface area contributed by atoms with Crippen LogP contribution in [0.1, 0.15) is 25.0 Å². The molecule has 10 aromatic rings. The van der Waals surface area contributed by atoms with E-state index in [1.54, 1.807) is 7.11 Å². The third-order valence-corrected chi connectivity index (χ3v) is 12.4. The second kappa shape index (κ2) is 13.6. The lowest BCUT2D eigenvalue weighted by atomic mass is 9.82. The van der Waals surface area contributed by atoms with Gasteiger partial charge in [0, 0.05) is 44.2 Å². The summed E-state index contributed by atoms with van der Waals surface area (Å²) in [5, 5.41) is 4.57. The molecule has 1 aliphatic carbocycles. The maximum Gasteiger partial charge on any atom is 0.143 e. The molecule has 0 bridgehead atoms. The van der Waals surface area contributed by atoms with E-state index in [4.69, 9.17) is 9.15 Å². The van der Waals surface area contributed by atoms with Gasteiger partial charge >= 0.3 is 0 Å². The first kappa shape index (κ1) is 34.9. The van der Waals surface area contributed by atoms with Crippen molar-refractivity contribution in [2.24, 2.45) is 0 Å². The van der Waals surface area contributed by atoms with E-state index in [2.05, 4.69) is 201 Å². The predicted molar refractivity (Wildman–Crippen MR) is 246 cm³/mol. The SMILES string of the molecule is COc1ccc(-c2ccc(N(c3ccc(-c4cccc5c4-c4ccccc4C5(C)C)cc3)c3ccc(-c4cccc5c4oc4c6ccccc6ccc54)cc3)cc2)cc1. The van der Waals surface area contributed by atoms with E-state index in [1.807, 2.05) is 12.1 Å². The van der Waals surface area contributed by atoms with E-state index in [-0.39, 0.29) is 5.41 Å². The maximum absolute atomic E-state index is 6.72. The van der Waals surface area contributed by atoms with Gasteiger partial charge in [-0.1, -0.05) is 153 Å². The molecule has 0 unspecified atom stereocenters. The lowest BCUT2D eigenvalue weighted by Gasteiger charge is -2.26. The molecule has 1 aromatic heterocycles. The first-order chi connectivity index (χ1) is 29.0. The molecular weight excluding hydrogens is 719 g/mol. The molecule has 1 aliphatic rings. The van der Waals surface area contributed by atoms with E-state index in [0.717, 1.165) is 72.4 Å². The molecule has 9 aromatic carbocycles. The minimum absolute atomic E-state index is 0.0485. The van der Waals surface area contributed by atoms with Crippen molar-refractivity contribution in [3.63, 3.8) is 0 Å². The number of hydrogen-bond acceptors (Lipinski definition) is 3. The van der Waals surface area contributed by atoms with Crippen molar-refractivity contribution in [2.75, 3.05) is 12.0 Å². The van der Waals surface area contributed by atoms with Crippen LogP contribution in [0.5, 0.6) is 5.75 Å². The lowest BCUT2D eigenvalue weighted by Crippen LogP contribution is -2.14. The Morgan fingerprint density at radius 1 is 0.407 bits per heavy atom. The number of ether oxygens (including phenoxy) is 1. The highest BCUT2D eigenvalue weighted by atomic mass is 16.5. The molecule has 3 nitrogen and oxygen atoms in total. The quantitative estimate of drug-likeness (QED) is 0.162. The number of methoxy groups -OCH3 is 1. The highest BCUT2D eigenvalue weighted by Crippen LogP contribution is 2.52. The van der Waals surface area contributed by atoms with Crippen molar-refractivity contribution in [1.29, 1.82) is 0 Å². The summed E-state index contributed by atoms with van der Waals surface area (Å²) in [6.45, 7) is 4.68. The van der Waals surface area contributed by atoms with E-state index in [9.17, 15) is 0 Å². The van der Waals surface area contributed by atoms with Crippen LogP contribution in [0, 0.1) is 0 Å². The summed E-state index contributed by atoms with van der Waals surface area (Å²) in [5.41, 5.74) is 17.4. The monoisotopic (exact) mass is 759 g/mol. The summed E-state index contributed by atoms with van der Waals surface area (Å²) >= 11 is 0. The van der Waals surface area contributed by atoms with Gasteiger partial charge in [0.2, 0.25) is 0 Å². The van der Waals surface area contributed by atoms with Crippen molar-refractivity contribution in [3.05, 3.63) is 205 Å². The molecule has 0 aliphatic heterocycles. The molecular formula is C56H41NO2. The largest absolute Gasteiger partial charge is 0.497 e. The number of para-hydroxylation sites is 1. The number of fused-ring (bicyclic) bond motifs is 8. The summed E-state index contributed by atoms with van der Waals surface area (Å²) < 4.78 is 12.1. The first-order valence-electron chi connectivity index (χ1n) is 20.3. The van der Waals surface area contributed by atoms with Crippen LogP contribution in [0.4, 0.5) is 17.1 Å². The fourth-order valence-corrected chi connectivity index (χ4v) is 9.36. The molecule has 0 fully saturated rings. The van der Waals surface area contributed by atoms with Crippen LogP contribution in [-0.2, 0) is 5.41 Å². The highest BCUT2D eigenvalue weighted by Gasteiger charge is 2.36. The average molecular weight is 760 g/mol. The van der Waals surface area contributed by atoms with Crippen LogP contribution in [-0.4, -0.2) is 7.11 Å². The van der Waals surface area contributed by atoms with Gasteiger partial charge in [0.25, 0.3) is 0 Å². The molecule has 0 saturated carbocycles. The van der Waals surface area contributed by atoms with Crippen molar-refractivity contribution >= 4 is 49.8 Å². The van der Waals surface area contributed by atoms with Crippen LogP contribution in [0.2, 0.25) is 0 Å². The van der Waals surface area contributed by atoms with Gasteiger partial charge in [0.1, 0.15) is 16.9 Å². The van der Waals surface area contributed by atoms with Crippen molar-refractivity contribution in [1.82, 2.24) is 0 Å². The number of benzene rings is 9. The Morgan fingerprint density at radius 2 is 0.915 bits per heavy atom. The minimum Gasteiger partial charge on any atom is -0.497 e. The molecule has 0 atom stereocenters. The Bertz CT molecular complexity index is 3190. The van der Waals surface area contributed by atoms with E-state index in [0.29, 0.717) is 0 Å². The highest BCUT2D eigenvalue weighted by molar-refractivity contribution is 6.17. The van der Waals surface area contributed by atoms with Gasteiger partial charge in [-0.3, -0.25) is 0 Å². The molecule has 11 rings (SSSR count). The topological polar surface area (TPSA) is 25.6 Å². The molecule has 59 heavy (non-hydrogen) atoms. The van der Waals surface area contributed by atoms with Gasteiger partial charge in [-0.2, -0.15) is 0 Å². The van der Waals surface area contributed by atoms with Crippen LogP contribution in [0.25, 0.3) is 77.2 Å². The second-order valence-electron chi connectivity index (χ2n) is 16.1. The molecule has 0 N–H and O–H groups in total. The zero-order chi connectivity index (χ0) is 39.7. The van der Waals surface area contributed by atoms with Crippen LogP contribution in [0.15, 0.2) is 199 Å². The van der Waals surface area contributed by atoms with Gasteiger partial charge in [-0.25, -0.2) is 0 Å². The lowest BCUT2D eigenvalue weighted by molar-refractivity contribution is 0.415. The molecule has 1 heterocycles. The van der Waals surface area contributed by atoms with Gasteiger partial charge < -0.3 is 14.1 Å². The van der Waals surface area contributed by atoms with Crippen molar-refractivity contribution < 1.29 is 9.15 Å². The summed E-state index contributed by atoms with van der Waals surface area (Å²) in [7, 11) is 1.70. The summed E-state index contributed by atoms with van der Waals surface area (Å²) in [6.07, 6.45) is 0. The molecule has 0 amide bonds. The van der Waals surface area contributed by atoms with E-state index >= 15 is 0 Å². The van der Waals surface area contributed by atoms with Gasteiger partial charge in [0.05, 0.1) is 7.11 Å². The van der Waals surface area contributed by atoms with Crippen molar-refractivity contribution in [3.8, 4) is 50.3 Å². The van der Waals surface area contributed by atoms with Crippen molar-refractivity contribution in [2.45, 2.75) is 19.3 Å². The summed E-state index contributed by atoms with van der Waals surface area (Å²) in [4.78, 5) is 2.34. The molecule has 0 saturated heterocycles. The normalized spacial score (nSPS) is 12.8. The Hall–Kier alpha value is -7.36. The molecule has 282 valence electrons. The average Bonchev–Trinajstić information content (AvgIpc) is 3.80. The molecule has 0 spiro atoms. The van der Waals surface area contributed by atoms with Crippen LogP contribution >= 0.6 is 0 Å². The second-order valence-corrected chi connectivity index (χ2v) is 16.1. The fourth-order valence-electron chi connectivity index (χ4n) is 9.36. The Kier molecular flexibility index (Phi) is 8.06. The Balaban J connectivity index is 0.996. The molecule has 3 heteroatoms. The standard InChI is InChI=1S/C56H41NO2/c1-56(2)51-16-7-6-12-50(51)53-45(13-9-17-52(53)56)39-20-29-42(30-21-39)57(41-27-18-36(19-28-41)37-24-33-44(58-3)34-25-37)43-31-22-40(23-32-43)47-14-8-15-48-49-35-26-38-10-4-5-11-46(38)55(49)59-54(47)48/h4-35H,1-3H3. The molecule has 0 radical (unpaired) electrons. The number of nitrogens with zero attached hydrogens (tertiary/aromatic N) is 1. The Morgan fingerprint density at radius 3 is 1.61 bits per heavy atom. The number of anilines is 3. The number of rotatable bonds is 7. The van der Waals surface area contributed by atoms with Gasteiger partial charge in [-0.05, 0) is 110 Å². The van der Waals surface area contributed by atoms with Crippen LogP contribution < -0.4 is 9.64 Å². The van der Waals surface area contributed by atoms with Gasteiger partial charge in [-0.15, -0.1) is 0 Å². The smallest absolute Gasteiger partial charge is 0.143 e. The predicted octanol–water partition coefficient (Wildman–Crippen LogP) is 15.5. The first-order valence-corrected chi connectivity index (χ1v) is 20.3. The zero-order valence-corrected chi connectivity index (χ0v) is 33.2. The Labute approximate surface area is 344 Å². The van der Waals surface area contributed by atoms with Crippen LogP contribution in [0.3, 0.4) is 0 Å². The number of hydrogen-bond donors (Lipinski definition) is 0. The summed E-state index contributed by atoms with van der Waals surface area (Å²) in [6, 6.07) is 69.9. The minimum atomic E-state index is -0.0485. The van der Waals surface area contributed by atoms with Gasteiger partial charge in [0.15, 0.2) is 0 Å². The summed E-state index contributed by atoms with van der Waals surface area (Å²) in [5.74, 6) is 0.849. The number of furan rings is 1. The maximum atomic E-state index is 6.72.